The highest BCUT2D eigenvalue weighted by Crippen LogP contribution is 2.17. The first-order chi connectivity index (χ1) is 5.38. The highest BCUT2D eigenvalue weighted by atomic mass is 16.3. The maximum atomic E-state index is 8.70. The second-order valence-corrected chi connectivity index (χ2v) is 2.96. The molecular weight excluding hydrogens is 140 g/mol. The first-order valence-electron chi connectivity index (χ1n) is 4.15. The van der Waals surface area contributed by atoms with Crippen molar-refractivity contribution < 1.29 is 5.11 Å². The lowest BCUT2D eigenvalue weighted by atomic mass is 10.0. The third kappa shape index (κ3) is 2.09. The first kappa shape index (κ1) is 8.35. The molecule has 1 fully saturated rings. The van der Waals surface area contributed by atoms with E-state index in [0.29, 0.717) is 6.04 Å². The molecule has 1 aliphatic heterocycles. The average Bonchev–Trinajstić information content (AvgIpc) is 2.06. The van der Waals surface area contributed by atoms with Crippen LogP contribution in [0.15, 0.2) is 0 Å². The summed E-state index contributed by atoms with van der Waals surface area (Å²) in [6.07, 6.45) is 6.29. The van der Waals surface area contributed by atoms with Gasteiger partial charge in [-0.05, 0) is 25.7 Å². The minimum atomic E-state index is 0.197. The molecule has 1 heterocycles. The van der Waals surface area contributed by atoms with E-state index in [9.17, 15) is 0 Å². The van der Waals surface area contributed by atoms with E-state index in [0.717, 1.165) is 25.8 Å². The Bertz CT molecular complexity index is 151. The zero-order chi connectivity index (χ0) is 8.10. The molecule has 0 bridgehead atoms. The maximum absolute atomic E-state index is 8.70. The number of piperidine rings is 1. The van der Waals surface area contributed by atoms with Gasteiger partial charge < -0.3 is 10.0 Å². The second-order valence-electron chi connectivity index (χ2n) is 2.96. The van der Waals surface area contributed by atoms with Gasteiger partial charge >= 0.3 is 0 Å². The van der Waals surface area contributed by atoms with Crippen molar-refractivity contribution in [2.24, 2.45) is 0 Å². The van der Waals surface area contributed by atoms with Crippen LogP contribution in [0.2, 0.25) is 0 Å². The molecule has 0 aromatic heterocycles. The standard InChI is InChI=1S/C8H14N2O/c9-7-10-5-2-1-3-8(10)4-6-11/h8,11H,1-6H2. The molecule has 0 saturated carbocycles. The highest BCUT2D eigenvalue weighted by molar-refractivity contribution is 4.85. The summed E-state index contributed by atoms with van der Waals surface area (Å²) in [5.74, 6) is 0. The van der Waals surface area contributed by atoms with Crippen molar-refractivity contribution in [2.45, 2.75) is 31.7 Å². The van der Waals surface area contributed by atoms with Crippen molar-refractivity contribution in [3.05, 3.63) is 0 Å². The van der Waals surface area contributed by atoms with Gasteiger partial charge in [-0.2, -0.15) is 5.26 Å². The van der Waals surface area contributed by atoms with Crippen LogP contribution >= 0.6 is 0 Å². The normalized spacial score (nSPS) is 24.7. The highest BCUT2D eigenvalue weighted by Gasteiger charge is 2.19. The van der Waals surface area contributed by atoms with E-state index >= 15 is 0 Å². The van der Waals surface area contributed by atoms with Gasteiger partial charge in [-0.1, -0.05) is 0 Å². The number of hydrogen-bond donors (Lipinski definition) is 1. The van der Waals surface area contributed by atoms with Crippen LogP contribution in [0.25, 0.3) is 0 Å². The Labute approximate surface area is 67.2 Å². The summed E-state index contributed by atoms with van der Waals surface area (Å²) in [6.45, 7) is 1.07. The van der Waals surface area contributed by atoms with Gasteiger partial charge in [0.25, 0.3) is 0 Å². The molecule has 3 heteroatoms. The van der Waals surface area contributed by atoms with Crippen LogP contribution in [-0.2, 0) is 0 Å². The van der Waals surface area contributed by atoms with E-state index in [1.165, 1.54) is 6.42 Å². The Morgan fingerprint density at radius 3 is 3.00 bits per heavy atom. The van der Waals surface area contributed by atoms with E-state index in [1.54, 1.807) is 4.90 Å². The number of nitrogens with zero attached hydrogens (tertiary/aromatic N) is 2. The van der Waals surface area contributed by atoms with Gasteiger partial charge in [0, 0.05) is 19.2 Å². The van der Waals surface area contributed by atoms with Gasteiger partial charge in [-0.15, -0.1) is 0 Å². The summed E-state index contributed by atoms with van der Waals surface area (Å²) in [4.78, 5) is 1.79. The summed E-state index contributed by atoms with van der Waals surface area (Å²) < 4.78 is 0. The van der Waals surface area contributed by atoms with Crippen LogP contribution in [0.5, 0.6) is 0 Å². The molecule has 62 valence electrons. The van der Waals surface area contributed by atoms with E-state index in [4.69, 9.17) is 10.4 Å². The van der Waals surface area contributed by atoms with Gasteiger partial charge in [0.05, 0.1) is 0 Å². The predicted molar refractivity (Wildman–Crippen MR) is 41.7 cm³/mol. The predicted octanol–water partition coefficient (Wildman–Crippen LogP) is 0.704. The summed E-state index contributed by atoms with van der Waals surface area (Å²) in [5, 5.41) is 17.4. The van der Waals surface area contributed by atoms with Crippen LogP contribution < -0.4 is 0 Å². The molecule has 0 radical (unpaired) electrons. The van der Waals surface area contributed by atoms with Gasteiger partial charge in [0.15, 0.2) is 6.19 Å². The molecule has 1 N–H and O–H groups in total. The van der Waals surface area contributed by atoms with Crippen molar-refractivity contribution >= 4 is 0 Å². The van der Waals surface area contributed by atoms with Gasteiger partial charge in [0.1, 0.15) is 0 Å². The maximum Gasteiger partial charge on any atom is 0.179 e. The van der Waals surface area contributed by atoms with E-state index in [2.05, 4.69) is 6.19 Å². The molecule has 1 atom stereocenters. The summed E-state index contributed by atoms with van der Waals surface area (Å²) in [6, 6.07) is 0.304. The molecule has 1 unspecified atom stereocenters. The molecule has 0 aromatic carbocycles. The molecule has 0 amide bonds. The van der Waals surface area contributed by atoms with Crippen molar-refractivity contribution in [3.8, 4) is 6.19 Å². The van der Waals surface area contributed by atoms with Crippen molar-refractivity contribution in [3.63, 3.8) is 0 Å². The topological polar surface area (TPSA) is 47.3 Å². The van der Waals surface area contributed by atoms with Crippen molar-refractivity contribution in [2.75, 3.05) is 13.2 Å². The minimum Gasteiger partial charge on any atom is -0.396 e. The number of aliphatic hydroxyl groups excluding tert-OH is 1. The molecule has 0 spiro atoms. The Morgan fingerprint density at radius 2 is 2.36 bits per heavy atom. The Balaban J connectivity index is 2.39. The van der Waals surface area contributed by atoms with E-state index < -0.39 is 0 Å². The second kappa shape index (κ2) is 4.20. The summed E-state index contributed by atoms with van der Waals surface area (Å²) in [7, 11) is 0. The third-order valence-corrected chi connectivity index (χ3v) is 2.22. The van der Waals surface area contributed by atoms with Gasteiger partial charge in [-0.25, -0.2) is 0 Å². The molecule has 0 aromatic rings. The molecule has 1 saturated heterocycles. The zero-order valence-corrected chi connectivity index (χ0v) is 6.66. The number of likely N-dealkylation sites (tertiary alicyclic amines) is 1. The largest absolute Gasteiger partial charge is 0.396 e. The minimum absolute atomic E-state index is 0.197. The number of nitriles is 1. The Morgan fingerprint density at radius 1 is 1.55 bits per heavy atom. The number of rotatable bonds is 2. The van der Waals surface area contributed by atoms with Crippen LogP contribution in [0.3, 0.4) is 0 Å². The van der Waals surface area contributed by atoms with E-state index in [1.807, 2.05) is 0 Å². The van der Waals surface area contributed by atoms with Crippen LogP contribution in [0.4, 0.5) is 0 Å². The van der Waals surface area contributed by atoms with Gasteiger partial charge in [-0.3, -0.25) is 0 Å². The quantitative estimate of drug-likeness (QED) is 0.596. The Kier molecular flexibility index (Phi) is 3.18. The fourth-order valence-corrected chi connectivity index (χ4v) is 1.58. The van der Waals surface area contributed by atoms with Crippen molar-refractivity contribution in [1.29, 1.82) is 5.26 Å². The SMILES string of the molecule is N#CN1CCCCC1CCO. The molecule has 1 aliphatic rings. The first-order valence-corrected chi connectivity index (χ1v) is 4.15. The fourth-order valence-electron chi connectivity index (χ4n) is 1.58. The van der Waals surface area contributed by atoms with Crippen LogP contribution in [0, 0.1) is 11.5 Å². The van der Waals surface area contributed by atoms with Crippen LogP contribution in [0.1, 0.15) is 25.7 Å². The summed E-state index contributed by atoms with van der Waals surface area (Å²) >= 11 is 0. The van der Waals surface area contributed by atoms with E-state index in [-0.39, 0.29) is 6.61 Å². The average molecular weight is 154 g/mol. The fraction of sp³-hybridized carbons (Fsp3) is 0.875. The lowest BCUT2D eigenvalue weighted by Gasteiger charge is -2.30. The zero-order valence-electron chi connectivity index (χ0n) is 6.66. The lowest BCUT2D eigenvalue weighted by Crippen LogP contribution is -2.36. The number of aliphatic hydroxyl groups is 1. The van der Waals surface area contributed by atoms with Gasteiger partial charge in [0.2, 0.25) is 0 Å². The molecular formula is C8H14N2O. The van der Waals surface area contributed by atoms with Crippen LogP contribution in [-0.4, -0.2) is 29.2 Å². The Hall–Kier alpha value is -0.750. The smallest absolute Gasteiger partial charge is 0.179 e. The molecule has 0 aliphatic carbocycles. The van der Waals surface area contributed by atoms with Crippen molar-refractivity contribution in [1.82, 2.24) is 4.90 Å². The lowest BCUT2D eigenvalue weighted by molar-refractivity contribution is 0.173. The summed E-state index contributed by atoms with van der Waals surface area (Å²) in [5.41, 5.74) is 0. The third-order valence-electron chi connectivity index (χ3n) is 2.22. The monoisotopic (exact) mass is 154 g/mol. The molecule has 1 rings (SSSR count). The molecule has 11 heavy (non-hydrogen) atoms. The molecule has 3 nitrogen and oxygen atoms in total. The number of hydrogen-bond acceptors (Lipinski definition) is 3.